The molecule has 0 bridgehead atoms. The van der Waals surface area contributed by atoms with Crippen LogP contribution in [0, 0.1) is 0 Å². The lowest BCUT2D eigenvalue weighted by molar-refractivity contribution is 0.108. The Bertz CT molecular complexity index is 245. The Morgan fingerprint density at radius 3 is 2.80 bits per heavy atom. The lowest BCUT2D eigenvalue weighted by atomic mass is 10.5. The van der Waals surface area contributed by atoms with Gasteiger partial charge in [-0.1, -0.05) is 11.8 Å². The predicted octanol–water partition coefficient (Wildman–Crippen LogP) is -0.110. The Morgan fingerprint density at radius 2 is 2.40 bits per heavy atom. The lowest BCUT2D eigenvalue weighted by Crippen LogP contribution is -1.98. The van der Waals surface area contributed by atoms with Crippen LogP contribution in [0.3, 0.4) is 0 Å². The number of hydrogen-bond acceptors (Lipinski definition) is 5. The number of aromatic amines is 1. The Morgan fingerprint density at radius 1 is 1.70 bits per heavy atom. The molecule has 54 valence electrons. The molecule has 6 heteroatoms. The Labute approximate surface area is 61.4 Å². The smallest absolute Gasteiger partial charge is 0.243 e. The van der Waals surface area contributed by atoms with Gasteiger partial charge in [0.1, 0.15) is 0 Å². The van der Waals surface area contributed by atoms with Gasteiger partial charge in [0, 0.05) is 0 Å². The van der Waals surface area contributed by atoms with E-state index in [9.17, 15) is 4.79 Å². The minimum Gasteiger partial charge on any atom is -0.380 e. The molecule has 0 aromatic carbocycles. The zero-order valence-electron chi connectivity index (χ0n) is 5.29. The first kappa shape index (κ1) is 7.07. The number of hydrogen-bond donors (Lipinski definition) is 2. The van der Waals surface area contributed by atoms with Gasteiger partial charge in [-0.3, -0.25) is 4.79 Å². The molecule has 0 fully saturated rings. The van der Waals surface area contributed by atoms with Crippen LogP contribution in [0.25, 0.3) is 0 Å². The molecule has 0 aliphatic heterocycles. The van der Waals surface area contributed by atoms with E-state index in [0.717, 1.165) is 11.8 Å². The maximum absolute atomic E-state index is 10.9. The fourth-order valence-electron chi connectivity index (χ4n) is 0.486. The van der Waals surface area contributed by atoms with Gasteiger partial charge in [-0.25, -0.2) is 0 Å². The SMILES string of the molecule is CSC(=O)c1n[nH]nc1N. The Balaban J connectivity index is 2.93. The van der Waals surface area contributed by atoms with Crippen molar-refractivity contribution in [2.45, 2.75) is 0 Å². The summed E-state index contributed by atoms with van der Waals surface area (Å²) in [4.78, 5) is 10.9. The number of nitrogens with two attached hydrogens (primary N) is 1. The number of aromatic nitrogens is 3. The molecule has 1 heterocycles. The van der Waals surface area contributed by atoms with Gasteiger partial charge < -0.3 is 5.73 Å². The third-order valence-corrected chi connectivity index (χ3v) is 1.52. The minimum atomic E-state index is -0.175. The van der Waals surface area contributed by atoms with E-state index < -0.39 is 0 Å². The van der Waals surface area contributed by atoms with Crippen LogP contribution in [-0.4, -0.2) is 26.8 Å². The zero-order chi connectivity index (χ0) is 7.56. The standard InChI is InChI=1S/C4H6N4OS/c1-10-4(9)2-3(5)7-8-6-2/h1H3,(H3,5,6,7,8). The molecule has 0 saturated heterocycles. The van der Waals surface area contributed by atoms with Gasteiger partial charge in [-0.2, -0.15) is 5.21 Å². The van der Waals surface area contributed by atoms with Crippen molar-refractivity contribution in [2.75, 3.05) is 12.0 Å². The van der Waals surface area contributed by atoms with Crippen molar-refractivity contribution < 1.29 is 4.79 Å². The number of nitrogens with zero attached hydrogens (tertiary/aromatic N) is 2. The van der Waals surface area contributed by atoms with Crippen LogP contribution in [0.1, 0.15) is 10.5 Å². The van der Waals surface area contributed by atoms with E-state index in [1.165, 1.54) is 0 Å². The maximum atomic E-state index is 10.9. The largest absolute Gasteiger partial charge is 0.380 e. The van der Waals surface area contributed by atoms with Crippen LogP contribution in [0.4, 0.5) is 5.82 Å². The molecule has 1 rings (SSSR count). The van der Waals surface area contributed by atoms with Gasteiger partial charge in [0.05, 0.1) is 0 Å². The van der Waals surface area contributed by atoms with E-state index in [2.05, 4.69) is 15.4 Å². The first-order valence-corrected chi connectivity index (χ1v) is 3.72. The molecule has 1 aromatic rings. The summed E-state index contributed by atoms with van der Waals surface area (Å²) >= 11 is 1.06. The zero-order valence-corrected chi connectivity index (χ0v) is 6.10. The molecule has 0 spiro atoms. The summed E-state index contributed by atoms with van der Waals surface area (Å²) in [5.41, 5.74) is 5.48. The van der Waals surface area contributed by atoms with Crippen molar-refractivity contribution in [2.24, 2.45) is 0 Å². The summed E-state index contributed by atoms with van der Waals surface area (Å²) < 4.78 is 0. The van der Waals surface area contributed by atoms with Crippen LogP contribution in [0.15, 0.2) is 0 Å². The van der Waals surface area contributed by atoms with Gasteiger partial charge in [-0.15, -0.1) is 10.2 Å². The molecule has 1 aromatic heterocycles. The van der Waals surface area contributed by atoms with Crippen molar-refractivity contribution in [1.82, 2.24) is 15.4 Å². The number of anilines is 1. The van der Waals surface area contributed by atoms with Crippen LogP contribution in [-0.2, 0) is 0 Å². The van der Waals surface area contributed by atoms with Gasteiger partial charge in [-0.05, 0) is 6.26 Å². The summed E-state index contributed by atoms with van der Waals surface area (Å²) in [6, 6.07) is 0. The van der Waals surface area contributed by atoms with E-state index in [0.29, 0.717) is 0 Å². The Kier molecular flexibility index (Phi) is 1.91. The quantitative estimate of drug-likeness (QED) is 0.595. The minimum absolute atomic E-state index is 0.152. The molecule has 0 aliphatic rings. The van der Waals surface area contributed by atoms with Gasteiger partial charge in [0.25, 0.3) is 0 Å². The monoisotopic (exact) mass is 158 g/mol. The van der Waals surface area contributed by atoms with E-state index in [1.54, 1.807) is 6.26 Å². The van der Waals surface area contributed by atoms with Gasteiger partial charge in [0.15, 0.2) is 11.5 Å². The number of H-pyrrole nitrogens is 1. The normalized spacial score (nSPS) is 9.70. The van der Waals surface area contributed by atoms with E-state index in [4.69, 9.17) is 5.73 Å². The molecule has 10 heavy (non-hydrogen) atoms. The third-order valence-electron chi connectivity index (χ3n) is 0.954. The highest BCUT2D eigenvalue weighted by molar-refractivity contribution is 8.13. The molecule has 0 unspecified atom stereocenters. The summed E-state index contributed by atoms with van der Waals surface area (Å²) in [7, 11) is 0. The predicted molar refractivity (Wildman–Crippen MR) is 38.6 cm³/mol. The average molecular weight is 158 g/mol. The Hall–Kier alpha value is -1.04. The first-order chi connectivity index (χ1) is 4.75. The summed E-state index contributed by atoms with van der Waals surface area (Å²) in [5.74, 6) is 0.152. The number of nitrogens with one attached hydrogen (secondary N) is 1. The van der Waals surface area contributed by atoms with Crippen molar-refractivity contribution in [3.8, 4) is 0 Å². The van der Waals surface area contributed by atoms with Crippen molar-refractivity contribution in [1.29, 1.82) is 0 Å². The van der Waals surface area contributed by atoms with E-state index in [-0.39, 0.29) is 16.6 Å². The second-order valence-electron chi connectivity index (χ2n) is 1.55. The van der Waals surface area contributed by atoms with Crippen LogP contribution in [0.2, 0.25) is 0 Å². The third kappa shape index (κ3) is 1.10. The summed E-state index contributed by atoms with van der Waals surface area (Å²) in [5, 5.41) is 9.13. The molecule has 3 N–H and O–H groups in total. The van der Waals surface area contributed by atoms with Gasteiger partial charge >= 0.3 is 0 Å². The average Bonchev–Trinajstić information content (AvgIpc) is 2.34. The van der Waals surface area contributed by atoms with Crippen molar-refractivity contribution >= 4 is 22.7 Å². The summed E-state index contributed by atoms with van der Waals surface area (Å²) in [6.45, 7) is 0. The molecule has 0 atom stereocenters. The molecular weight excluding hydrogens is 152 g/mol. The van der Waals surface area contributed by atoms with Crippen LogP contribution < -0.4 is 5.73 Å². The highest BCUT2D eigenvalue weighted by Crippen LogP contribution is 2.09. The maximum Gasteiger partial charge on any atom is 0.243 e. The molecule has 0 saturated carbocycles. The van der Waals surface area contributed by atoms with Crippen molar-refractivity contribution in [3.63, 3.8) is 0 Å². The second kappa shape index (κ2) is 2.70. The number of thioether (sulfide) groups is 1. The second-order valence-corrected chi connectivity index (χ2v) is 2.33. The molecule has 5 nitrogen and oxygen atoms in total. The summed E-state index contributed by atoms with van der Waals surface area (Å²) in [6.07, 6.45) is 1.66. The van der Waals surface area contributed by atoms with E-state index >= 15 is 0 Å². The van der Waals surface area contributed by atoms with Crippen LogP contribution in [0.5, 0.6) is 0 Å². The highest BCUT2D eigenvalue weighted by atomic mass is 32.2. The lowest BCUT2D eigenvalue weighted by Gasteiger charge is -1.87. The van der Waals surface area contributed by atoms with Crippen molar-refractivity contribution in [3.05, 3.63) is 5.69 Å². The number of nitrogen functional groups attached to an aromatic ring is 1. The fourth-order valence-corrected chi connectivity index (χ4v) is 0.830. The van der Waals surface area contributed by atoms with Crippen LogP contribution >= 0.6 is 11.8 Å². The topological polar surface area (TPSA) is 84.7 Å². The number of rotatable bonds is 1. The highest BCUT2D eigenvalue weighted by Gasteiger charge is 2.11. The number of carbonyl (C=O) groups is 1. The number of carbonyl (C=O) groups excluding carboxylic acids is 1. The fraction of sp³-hybridized carbons (Fsp3) is 0.250. The molecule has 0 aliphatic carbocycles. The molecule has 0 amide bonds. The van der Waals surface area contributed by atoms with E-state index in [1.807, 2.05) is 0 Å². The molecule has 0 radical (unpaired) electrons. The molecular formula is C4H6N4OS. The first-order valence-electron chi connectivity index (χ1n) is 2.50. The van der Waals surface area contributed by atoms with Gasteiger partial charge in [0.2, 0.25) is 5.12 Å².